The molecule has 6 heteroatoms. The largest absolute Gasteiger partial charge is 0.367 e. The first-order valence-corrected chi connectivity index (χ1v) is 6.93. The third kappa shape index (κ3) is 1.58. The average molecular weight is 271 g/mol. The Balaban J connectivity index is 1.89. The molecule has 0 unspecified atom stereocenters. The predicted octanol–water partition coefficient (Wildman–Crippen LogP) is 1.64. The van der Waals surface area contributed by atoms with Gasteiger partial charge in [0.15, 0.2) is 11.3 Å². The highest BCUT2D eigenvalue weighted by Crippen LogP contribution is 2.38. The number of fused-ring (bicyclic) bond motifs is 3. The summed E-state index contributed by atoms with van der Waals surface area (Å²) in [5, 5.41) is 0. The lowest BCUT2D eigenvalue weighted by atomic mass is 10.00. The first-order valence-electron chi connectivity index (χ1n) is 6.93. The van der Waals surface area contributed by atoms with Gasteiger partial charge in [-0.25, -0.2) is 9.97 Å². The molecule has 1 fully saturated rings. The molecule has 104 valence electrons. The Morgan fingerprint density at radius 1 is 1.45 bits per heavy atom. The molecule has 1 saturated heterocycles. The van der Waals surface area contributed by atoms with Crippen molar-refractivity contribution in [2.45, 2.75) is 25.6 Å². The molecule has 1 aliphatic rings. The molecule has 4 rings (SSSR count). The molecule has 3 atom stereocenters. The zero-order valence-corrected chi connectivity index (χ0v) is 11.3. The van der Waals surface area contributed by atoms with Crippen LogP contribution in [-0.4, -0.2) is 32.0 Å². The Labute approximate surface area is 116 Å². The molecular weight excluding hydrogens is 254 g/mol. The van der Waals surface area contributed by atoms with E-state index in [0.29, 0.717) is 12.5 Å². The summed E-state index contributed by atoms with van der Waals surface area (Å²) in [4.78, 5) is 11.9. The summed E-state index contributed by atoms with van der Waals surface area (Å²) < 4.78 is 8.21. The van der Waals surface area contributed by atoms with Crippen LogP contribution in [0.1, 0.15) is 25.1 Å². The molecule has 0 aromatic carbocycles. The van der Waals surface area contributed by atoms with Gasteiger partial charge < -0.3 is 15.5 Å². The third-order valence-electron chi connectivity index (χ3n) is 4.12. The van der Waals surface area contributed by atoms with Crippen molar-refractivity contribution in [3.05, 3.63) is 30.4 Å². The topological polar surface area (TPSA) is 81.2 Å². The molecule has 20 heavy (non-hydrogen) atoms. The zero-order valence-electron chi connectivity index (χ0n) is 11.3. The number of aromatic nitrogens is 4. The van der Waals surface area contributed by atoms with Gasteiger partial charge in [-0.1, -0.05) is 6.92 Å². The molecule has 3 N–H and O–H groups in total. The predicted molar refractivity (Wildman–Crippen MR) is 75.3 cm³/mol. The van der Waals surface area contributed by atoms with E-state index in [1.807, 2.05) is 18.5 Å². The molecule has 3 aromatic heterocycles. The van der Waals surface area contributed by atoms with E-state index >= 15 is 0 Å². The highest BCUT2D eigenvalue weighted by molar-refractivity contribution is 5.74. The Morgan fingerprint density at radius 3 is 3.15 bits per heavy atom. The molecular formula is C14H17N5O. The molecule has 0 radical (unpaired) electrons. The van der Waals surface area contributed by atoms with Crippen molar-refractivity contribution < 1.29 is 4.74 Å². The van der Waals surface area contributed by atoms with Crippen LogP contribution in [-0.2, 0) is 4.74 Å². The molecule has 0 saturated carbocycles. The Hall–Kier alpha value is -1.92. The smallest absolute Gasteiger partial charge is 0.156 e. The van der Waals surface area contributed by atoms with Crippen molar-refractivity contribution in [1.82, 2.24) is 19.4 Å². The average Bonchev–Trinajstić information content (AvgIpc) is 3.13. The maximum Gasteiger partial charge on any atom is 0.156 e. The van der Waals surface area contributed by atoms with Gasteiger partial charge in [0.25, 0.3) is 0 Å². The number of rotatable bonds is 2. The highest BCUT2D eigenvalue weighted by Gasteiger charge is 2.34. The summed E-state index contributed by atoms with van der Waals surface area (Å²) in [7, 11) is 0. The molecule has 4 heterocycles. The second kappa shape index (κ2) is 4.29. The van der Waals surface area contributed by atoms with Crippen molar-refractivity contribution in [1.29, 1.82) is 0 Å². The minimum Gasteiger partial charge on any atom is -0.367 e. The van der Waals surface area contributed by atoms with Crippen molar-refractivity contribution >= 4 is 16.8 Å². The fourth-order valence-electron chi connectivity index (χ4n) is 3.14. The van der Waals surface area contributed by atoms with E-state index < -0.39 is 0 Å². The highest BCUT2D eigenvalue weighted by atomic mass is 16.5. The van der Waals surface area contributed by atoms with E-state index in [9.17, 15) is 0 Å². The maximum absolute atomic E-state index is 6.08. The summed E-state index contributed by atoms with van der Waals surface area (Å²) >= 11 is 0. The van der Waals surface area contributed by atoms with E-state index in [-0.39, 0.29) is 12.2 Å². The van der Waals surface area contributed by atoms with E-state index in [1.165, 1.54) is 0 Å². The van der Waals surface area contributed by atoms with Crippen LogP contribution in [0.3, 0.4) is 0 Å². The molecule has 0 aliphatic carbocycles. The van der Waals surface area contributed by atoms with Crippen molar-refractivity contribution in [2.75, 3.05) is 6.54 Å². The third-order valence-corrected chi connectivity index (χ3v) is 4.12. The van der Waals surface area contributed by atoms with Gasteiger partial charge in [-0.15, -0.1) is 0 Å². The second-order valence-corrected chi connectivity index (χ2v) is 5.47. The van der Waals surface area contributed by atoms with Gasteiger partial charge in [0.2, 0.25) is 0 Å². The lowest BCUT2D eigenvalue weighted by molar-refractivity contribution is 0.0373. The van der Waals surface area contributed by atoms with Gasteiger partial charge in [0.05, 0.1) is 29.7 Å². The number of aromatic amines is 1. The number of H-pyrrole nitrogens is 1. The van der Waals surface area contributed by atoms with Crippen LogP contribution in [0.25, 0.3) is 16.8 Å². The summed E-state index contributed by atoms with van der Waals surface area (Å²) in [5.74, 6) is 0.436. The van der Waals surface area contributed by atoms with Gasteiger partial charge in [-0.05, 0) is 18.4 Å². The summed E-state index contributed by atoms with van der Waals surface area (Å²) in [6.45, 7) is 2.77. The van der Waals surface area contributed by atoms with Crippen LogP contribution in [0.15, 0.2) is 24.7 Å². The Kier molecular flexibility index (Phi) is 2.55. The second-order valence-electron chi connectivity index (χ2n) is 5.47. The van der Waals surface area contributed by atoms with Crippen molar-refractivity contribution in [3.8, 4) is 0 Å². The zero-order chi connectivity index (χ0) is 13.7. The van der Waals surface area contributed by atoms with E-state index in [0.717, 1.165) is 28.9 Å². The Morgan fingerprint density at radius 2 is 2.35 bits per heavy atom. The van der Waals surface area contributed by atoms with Crippen LogP contribution in [0.5, 0.6) is 0 Å². The number of nitrogens with zero attached hydrogens (tertiary/aromatic N) is 3. The minimum absolute atomic E-state index is 0.0408. The minimum atomic E-state index is 0.0408. The van der Waals surface area contributed by atoms with E-state index in [1.54, 1.807) is 6.20 Å². The number of hydrogen-bond donors (Lipinski definition) is 2. The van der Waals surface area contributed by atoms with Crippen LogP contribution >= 0.6 is 0 Å². The first kappa shape index (κ1) is 11.9. The van der Waals surface area contributed by atoms with Gasteiger partial charge >= 0.3 is 0 Å². The van der Waals surface area contributed by atoms with Crippen molar-refractivity contribution in [2.24, 2.45) is 11.7 Å². The van der Waals surface area contributed by atoms with Crippen LogP contribution < -0.4 is 5.73 Å². The fourth-order valence-corrected chi connectivity index (χ4v) is 3.14. The molecule has 0 spiro atoms. The van der Waals surface area contributed by atoms with Crippen molar-refractivity contribution in [3.63, 3.8) is 0 Å². The molecule has 3 aromatic rings. The molecule has 0 amide bonds. The Bertz CT molecular complexity index is 761. The number of hydrogen-bond acceptors (Lipinski definition) is 4. The number of ether oxygens (including phenoxy) is 1. The van der Waals surface area contributed by atoms with Gasteiger partial charge in [0, 0.05) is 12.7 Å². The number of imidazole rings is 1. The van der Waals surface area contributed by atoms with Gasteiger partial charge in [-0.3, -0.25) is 4.40 Å². The fraction of sp³-hybridized carbons (Fsp3) is 0.429. The summed E-state index contributed by atoms with van der Waals surface area (Å²) in [6, 6.07) is 2.01. The van der Waals surface area contributed by atoms with E-state index in [2.05, 4.69) is 26.3 Å². The monoisotopic (exact) mass is 271 g/mol. The summed E-state index contributed by atoms with van der Waals surface area (Å²) in [5.41, 5.74) is 9.55. The standard InChI is InChI=1S/C14H17N5O/c1-8-4-9(5-15)20-13(8)11-6-17-12-7-18-14-10(19(11)12)2-3-16-14/h2-3,6-9,13,16H,4-5,15H2,1H3/t8-,9-,13+/m0/s1. The van der Waals surface area contributed by atoms with Crippen LogP contribution in [0.4, 0.5) is 0 Å². The van der Waals surface area contributed by atoms with Gasteiger partial charge in [0.1, 0.15) is 6.10 Å². The summed E-state index contributed by atoms with van der Waals surface area (Å²) in [6.07, 6.45) is 6.74. The van der Waals surface area contributed by atoms with Crippen LogP contribution in [0, 0.1) is 5.92 Å². The normalized spacial score (nSPS) is 26.8. The molecule has 6 nitrogen and oxygen atoms in total. The molecule has 1 aliphatic heterocycles. The number of nitrogens with two attached hydrogens (primary N) is 1. The molecule has 0 bridgehead atoms. The van der Waals surface area contributed by atoms with Crippen LogP contribution in [0.2, 0.25) is 0 Å². The lowest BCUT2D eigenvalue weighted by Gasteiger charge is -2.15. The van der Waals surface area contributed by atoms with Gasteiger partial charge in [-0.2, -0.15) is 0 Å². The number of nitrogens with one attached hydrogen (secondary N) is 1. The SMILES string of the molecule is C[C@H]1C[C@@H](CN)O[C@H]1c1cnc2cnc3[nH]ccc3n12. The quantitative estimate of drug-likeness (QED) is 0.742. The first-order chi connectivity index (χ1) is 9.78. The maximum atomic E-state index is 6.08. The van der Waals surface area contributed by atoms with E-state index in [4.69, 9.17) is 10.5 Å². The lowest BCUT2D eigenvalue weighted by Crippen LogP contribution is -2.19.